The summed E-state index contributed by atoms with van der Waals surface area (Å²) in [5.74, 6) is 0. The summed E-state index contributed by atoms with van der Waals surface area (Å²) in [6.07, 6.45) is -1.83. The van der Waals surface area contributed by atoms with Gasteiger partial charge >= 0.3 is 6.16 Å². The van der Waals surface area contributed by atoms with E-state index >= 15 is 0 Å². The van der Waals surface area contributed by atoms with E-state index in [1.54, 1.807) is 0 Å². The summed E-state index contributed by atoms with van der Waals surface area (Å²) in [7, 11) is 0. The molecule has 0 spiro atoms. The average Bonchev–Trinajstić information content (AvgIpc) is 0.811. The molecule has 0 saturated heterocycles. The molecule has 100 valence electrons. The van der Waals surface area contributed by atoms with Crippen molar-refractivity contribution in [1.29, 1.82) is 0 Å². The van der Waals surface area contributed by atoms with Crippen molar-refractivity contribution in [3.63, 3.8) is 0 Å². The maximum atomic E-state index is 8.56. The van der Waals surface area contributed by atoms with E-state index in [0.29, 0.717) is 0 Å². The van der Waals surface area contributed by atoms with Crippen LogP contribution in [0.15, 0.2) is 0 Å². The van der Waals surface area contributed by atoms with Crippen molar-refractivity contribution in [2.45, 2.75) is 0 Å². The molecule has 13 heteroatoms. The van der Waals surface area contributed by atoms with E-state index in [-0.39, 0.29) is 91.0 Å². The molecule has 14 heavy (non-hydrogen) atoms. The molecule has 0 aliphatic heterocycles. The number of carbonyl (C=O) groups is 1. The SMILES string of the molecule is O.O.O.O.O.O.O.O.O.O=C(O)O.[Ce]. The normalized spacial score (nSPS) is 1.71. The zero-order valence-corrected chi connectivity index (χ0v) is 9.94. The summed E-state index contributed by atoms with van der Waals surface area (Å²) < 4.78 is 0. The van der Waals surface area contributed by atoms with Gasteiger partial charge in [-0.25, -0.2) is 4.79 Å². The third-order valence-electron chi connectivity index (χ3n) is 0. The number of hydrogen-bond donors (Lipinski definition) is 2. The second-order valence-corrected chi connectivity index (χ2v) is 0.283. The molecular formula is CH20CeO12. The Morgan fingerprint density at radius 1 is 0.571 bits per heavy atom. The standard InChI is InChI=1S/CH2O3.Ce.9H2O/c2-1(3)4;;;;;;;;;;/h(H2,2,3,4);;9*1H2. The second kappa shape index (κ2) is 186. The summed E-state index contributed by atoms with van der Waals surface area (Å²) >= 11 is 0. The Morgan fingerprint density at radius 3 is 0.571 bits per heavy atom. The van der Waals surface area contributed by atoms with Crippen LogP contribution in [0.3, 0.4) is 0 Å². The van der Waals surface area contributed by atoms with E-state index in [4.69, 9.17) is 15.0 Å². The van der Waals surface area contributed by atoms with Crippen LogP contribution < -0.4 is 0 Å². The van der Waals surface area contributed by atoms with Gasteiger partial charge in [0.1, 0.15) is 0 Å². The summed E-state index contributed by atoms with van der Waals surface area (Å²) in [6, 6.07) is 0. The first kappa shape index (κ1) is 233. The molecule has 0 heterocycles. The second-order valence-electron chi connectivity index (χ2n) is 0.283. The summed E-state index contributed by atoms with van der Waals surface area (Å²) in [5, 5.41) is 13.9. The van der Waals surface area contributed by atoms with Crippen LogP contribution >= 0.6 is 0 Å². The Bertz CT molecular complexity index is 33.3. The van der Waals surface area contributed by atoms with Crippen LogP contribution in [0.5, 0.6) is 0 Å². The quantitative estimate of drug-likeness (QED) is 0.423. The fourth-order valence-corrected chi connectivity index (χ4v) is 0. The monoisotopic (exact) mass is 364 g/mol. The molecule has 12 nitrogen and oxygen atoms in total. The molecule has 0 aliphatic carbocycles. The molecule has 0 rings (SSSR count). The van der Waals surface area contributed by atoms with Gasteiger partial charge in [-0.1, -0.05) is 0 Å². The van der Waals surface area contributed by atoms with Crippen LogP contribution in [0, 0.1) is 41.7 Å². The maximum absolute atomic E-state index is 8.56. The fourth-order valence-electron chi connectivity index (χ4n) is 0. The van der Waals surface area contributed by atoms with Crippen molar-refractivity contribution in [3.8, 4) is 0 Å². The van der Waals surface area contributed by atoms with Crippen LogP contribution in [0.4, 0.5) is 4.79 Å². The largest absolute Gasteiger partial charge is 0.503 e. The van der Waals surface area contributed by atoms with Crippen molar-refractivity contribution >= 4 is 6.16 Å². The molecule has 0 radical (unpaired) electrons. The first-order chi connectivity index (χ1) is 1.73. The molecule has 0 aromatic heterocycles. The molecule has 0 aromatic carbocycles. The van der Waals surface area contributed by atoms with Crippen LogP contribution in [-0.4, -0.2) is 65.7 Å². The van der Waals surface area contributed by atoms with Gasteiger partial charge in [0, 0.05) is 41.7 Å². The van der Waals surface area contributed by atoms with Crippen LogP contribution in [0.1, 0.15) is 0 Å². The van der Waals surface area contributed by atoms with Crippen molar-refractivity contribution in [3.05, 3.63) is 0 Å². The molecule has 0 aromatic rings. The summed E-state index contributed by atoms with van der Waals surface area (Å²) in [4.78, 5) is 8.56. The average molecular weight is 364 g/mol. The van der Waals surface area contributed by atoms with Gasteiger partial charge < -0.3 is 59.5 Å². The van der Waals surface area contributed by atoms with Gasteiger partial charge in [0.05, 0.1) is 0 Å². The molecule has 0 bridgehead atoms. The Hall–Kier alpha value is 0.287. The molecule has 0 atom stereocenters. The first-order valence-corrected chi connectivity index (χ1v) is 0.651. The zero-order chi connectivity index (χ0) is 3.58. The van der Waals surface area contributed by atoms with Gasteiger partial charge in [-0.2, -0.15) is 0 Å². The van der Waals surface area contributed by atoms with Gasteiger partial charge in [0.25, 0.3) is 0 Å². The Morgan fingerprint density at radius 2 is 0.571 bits per heavy atom. The predicted molar refractivity (Wildman–Crippen MR) is 43.2 cm³/mol. The number of hydrogen-bond acceptors (Lipinski definition) is 1. The molecular weight excluding hydrogens is 344 g/mol. The summed E-state index contributed by atoms with van der Waals surface area (Å²) in [6.45, 7) is 0. The Balaban J connectivity index is -0.000000001000. The van der Waals surface area contributed by atoms with E-state index in [9.17, 15) is 0 Å². The van der Waals surface area contributed by atoms with Gasteiger partial charge in [-0.05, 0) is 0 Å². The van der Waals surface area contributed by atoms with Crippen molar-refractivity contribution < 1.29 is 106 Å². The minimum absolute atomic E-state index is 0. The molecule has 0 saturated carbocycles. The fraction of sp³-hybridized carbons (Fsp3) is 0. The molecule has 20 N–H and O–H groups in total. The van der Waals surface area contributed by atoms with Crippen molar-refractivity contribution in [2.75, 3.05) is 0 Å². The topological polar surface area (TPSA) is 341 Å². The molecule has 0 fully saturated rings. The van der Waals surface area contributed by atoms with E-state index < -0.39 is 6.16 Å². The smallest absolute Gasteiger partial charge is 0.450 e. The van der Waals surface area contributed by atoms with Crippen LogP contribution in [0.25, 0.3) is 0 Å². The maximum Gasteiger partial charge on any atom is 0.503 e. The minimum Gasteiger partial charge on any atom is -0.450 e. The van der Waals surface area contributed by atoms with E-state index in [1.165, 1.54) is 0 Å². The van der Waals surface area contributed by atoms with Gasteiger partial charge in [0.15, 0.2) is 0 Å². The molecule has 0 aliphatic rings. The minimum atomic E-state index is -1.83. The van der Waals surface area contributed by atoms with Crippen molar-refractivity contribution in [2.24, 2.45) is 0 Å². The Labute approximate surface area is 112 Å². The van der Waals surface area contributed by atoms with E-state index in [2.05, 4.69) is 0 Å². The number of carboxylic acid groups (broad SMARTS) is 2. The van der Waals surface area contributed by atoms with E-state index in [0.717, 1.165) is 0 Å². The van der Waals surface area contributed by atoms with Gasteiger partial charge in [0.2, 0.25) is 0 Å². The van der Waals surface area contributed by atoms with E-state index in [1.807, 2.05) is 0 Å². The van der Waals surface area contributed by atoms with Gasteiger partial charge in [-0.3, -0.25) is 0 Å². The molecule has 0 amide bonds. The zero-order valence-electron chi connectivity index (χ0n) is 6.80. The van der Waals surface area contributed by atoms with Gasteiger partial charge in [-0.15, -0.1) is 0 Å². The first-order valence-electron chi connectivity index (χ1n) is 0.651. The number of rotatable bonds is 0. The van der Waals surface area contributed by atoms with Crippen molar-refractivity contribution in [1.82, 2.24) is 0 Å². The third-order valence-corrected chi connectivity index (χ3v) is 0. The van der Waals surface area contributed by atoms with Crippen LogP contribution in [0.2, 0.25) is 0 Å². The molecule has 0 unspecified atom stereocenters. The predicted octanol–water partition coefficient (Wildman–Crippen LogP) is -7.20. The van der Waals surface area contributed by atoms with Crippen LogP contribution in [-0.2, 0) is 0 Å². The Kier molecular flexibility index (Phi) is 3100. The summed E-state index contributed by atoms with van der Waals surface area (Å²) in [5.41, 5.74) is 0. The third kappa shape index (κ3) is 19100.